The van der Waals surface area contributed by atoms with Crippen LogP contribution in [-0.2, 0) is 6.54 Å². The maximum atomic E-state index is 9.36. The third-order valence-corrected chi connectivity index (χ3v) is 4.13. The molecule has 1 fully saturated rings. The zero-order valence-corrected chi connectivity index (χ0v) is 11.5. The van der Waals surface area contributed by atoms with Crippen molar-refractivity contribution in [2.75, 3.05) is 52.5 Å². The van der Waals surface area contributed by atoms with Crippen LogP contribution in [-0.4, -0.2) is 72.1 Å². The molecule has 1 aromatic rings. The van der Waals surface area contributed by atoms with Crippen LogP contribution in [0.1, 0.15) is 5.56 Å². The van der Waals surface area contributed by atoms with Gasteiger partial charge in [0.25, 0.3) is 0 Å². The highest BCUT2D eigenvalue weighted by molar-refractivity contribution is 5.13. The van der Waals surface area contributed by atoms with Gasteiger partial charge in [0.2, 0.25) is 0 Å². The lowest BCUT2D eigenvalue weighted by atomic mass is 10.1. The number of benzene rings is 1. The first-order valence-electron chi connectivity index (χ1n) is 7.11. The molecular formula is C15H25N2O2+. The molecule has 0 atom stereocenters. The highest BCUT2D eigenvalue weighted by Crippen LogP contribution is 2.18. The first-order valence-corrected chi connectivity index (χ1v) is 7.11. The standard InChI is InChI=1S/C15H25N2O2/c18-12-8-16-6-9-17(10-7-16,11-13-19)14-15-4-2-1-3-5-15/h1-5,18-19H,6-14H2/q+1. The molecule has 2 rings (SSSR count). The Morgan fingerprint density at radius 3 is 2.26 bits per heavy atom. The molecule has 0 amide bonds. The van der Waals surface area contributed by atoms with Gasteiger partial charge in [-0.25, -0.2) is 0 Å². The number of nitrogens with zero attached hydrogens (tertiary/aromatic N) is 2. The Hall–Kier alpha value is -0.940. The van der Waals surface area contributed by atoms with Gasteiger partial charge < -0.3 is 14.7 Å². The van der Waals surface area contributed by atoms with Crippen molar-refractivity contribution in [2.24, 2.45) is 0 Å². The zero-order valence-electron chi connectivity index (χ0n) is 11.5. The van der Waals surface area contributed by atoms with E-state index in [1.165, 1.54) is 5.56 Å². The predicted octanol–water partition coefficient (Wildman–Crippen LogP) is 0.304. The molecular weight excluding hydrogens is 240 g/mol. The van der Waals surface area contributed by atoms with Gasteiger partial charge in [-0.3, -0.25) is 4.90 Å². The topological polar surface area (TPSA) is 43.7 Å². The molecule has 1 heterocycles. The average molecular weight is 265 g/mol. The van der Waals surface area contributed by atoms with E-state index < -0.39 is 0 Å². The van der Waals surface area contributed by atoms with Crippen molar-refractivity contribution in [3.8, 4) is 0 Å². The highest BCUT2D eigenvalue weighted by atomic mass is 16.3. The van der Waals surface area contributed by atoms with E-state index in [1.54, 1.807) is 0 Å². The van der Waals surface area contributed by atoms with Crippen molar-refractivity contribution >= 4 is 0 Å². The molecule has 2 N–H and O–H groups in total. The summed E-state index contributed by atoms with van der Waals surface area (Å²) in [5.41, 5.74) is 1.34. The van der Waals surface area contributed by atoms with Gasteiger partial charge in [0, 0.05) is 25.2 Å². The van der Waals surface area contributed by atoms with Crippen LogP contribution in [0.25, 0.3) is 0 Å². The molecule has 106 valence electrons. The molecule has 4 nitrogen and oxygen atoms in total. The van der Waals surface area contributed by atoms with Crippen molar-refractivity contribution in [1.29, 1.82) is 0 Å². The van der Waals surface area contributed by atoms with E-state index in [-0.39, 0.29) is 13.2 Å². The van der Waals surface area contributed by atoms with Gasteiger partial charge in [0.05, 0.1) is 26.3 Å². The van der Waals surface area contributed by atoms with Crippen LogP contribution in [0, 0.1) is 0 Å². The molecule has 4 heteroatoms. The average Bonchev–Trinajstić information content (AvgIpc) is 2.43. The molecule has 0 bridgehead atoms. The smallest absolute Gasteiger partial charge is 0.104 e. The summed E-state index contributed by atoms with van der Waals surface area (Å²) < 4.78 is 0.961. The summed E-state index contributed by atoms with van der Waals surface area (Å²) in [6.45, 7) is 7.18. The van der Waals surface area contributed by atoms with Gasteiger partial charge in [0.15, 0.2) is 0 Å². The second-order valence-corrected chi connectivity index (χ2v) is 5.45. The Kier molecular flexibility index (Phi) is 5.34. The van der Waals surface area contributed by atoms with E-state index in [2.05, 4.69) is 29.2 Å². The summed E-state index contributed by atoms with van der Waals surface area (Å²) >= 11 is 0. The molecule has 1 aliphatic rings. The Morgan fingerprint density at radius 2 is 1.68 bits per heavy atom. The minimum atomic E-state index is 0.235. The zero-order chi connectivity index (χ0) is 13.6. The lowest BCUT2D eigenvalue weighted by Crippen LogP contribution is -2.60. The summed E-state index contributed by atoms with van der Waals surface area (Å²) in [5.74, 6) is 0. The molecule has 0 saturated carbocycles. The lowest BCUT2D eigenvalue weighted by molar-refractivity contribution is -0.944. The fraction of sp³-hybridized carbons (Fsp3) is 0.600. The van der Waals surface area contributed by atoms with E-state index in [9.17, 15) is 5.11 Å². The minimum Gasteiger partial charge on any atom is -0.395 e. The maximum absolute atomic E-state index is 9.36. The molecule has 1 aromatic carbocycles. The lowest BCUT2D eigenvalue weighted by Gasteiger charge is -2.44. The second kappa shape index (κ2) is 7.01. The van der Waals surface area contributed by atoms with E-state index in [0.29, 0.717) is 0 Å². The van der Waals surface area contributed by atoms with E-state index in [1.807, 2.05) is 6.07 Å². The quantitative estimate of drug-likeness (QED) is 0.727. The number of quaternary nitrogens is 1. The van der Waals surface area contributed by atoms with Gasteiger partial charge in [-0.15, -0.1) is 0 Å². The molecule has 0 spiro atoms. The molecule has 0 aromatic heterocycles. The van der Waals surface area contributed by atoms with Gasteiger partial charge in [-0.1, -0.05) is 30.3 Å². The largest absolute Gasteiger partial charge is 0.395 e. The van der Waals surface area contributed by atoms with Crippen LogP contribution in [0.4, 0.5) is 0 Å². The fourth-order valence-electron chi connectivity index (χ4n) is 2.94. The molecule has 0 radical (unpaired) electrons. The van der Waals surface area contributed by atoms with Gasteiger partial charge in [-0.05, 0) is 0 Å². The number of aliphatic hydroxyl groups excluding tert-OH is 2. The monoisotopic (exact) mass is 265 g/mol. The minimum absolute atomic E-state index is 0.235. The first kappa shape index (κ1) is 14.5. The number of hydrogen-bond donors (Lipinski definition) is 2. The van der Waals surface area contributed by atoms with Crippen molar-refractivity contribution < 1.29 is 14.7 Å². The van der Waals surface area contributed by atoms with E-state index >= 15 is 0 Å². The van der Waals surface area contributed by atoms with Crippen molar-refractivity contribution in [1.82, 2.24) is 4.90 Å². The number of rotatable bonds is 6. The highest BCUT2D eigenvalue weighted by Gasteiger charge is 2.32. The Morgan fingerprint density at radius 1 is 1.00 bits per heavy atom. The molecule has 1 aliphatic heterocycles. The number of piperazine rings is 1. The van der Waals surface area contributed by atoms with Crippen LogP contribution < -0.4 is 0 Å². The first-order chi connectivity index (χ1) is 9.28. The Labute approximate surface area is 115 Å². The second-order valence-electron chi connectivity index (χ2n) is 5.45. The number of β-amino-alcohol motifs (C(OH)–C–C–N with tert-alkyl or cyclic N) is 1. The fourth-order valence-corrected chi connectivity index (χ4v) is 2.94. The maximum Gasteiger partial charge on any atom is 0.104 e. The predicted molar refractivity (Wildman–Crippen MR) is 75.6 cm³/mol. The third-order valence-electron chi connectivity index (χ3n) is 4.13. The van der Waals surface area contributed by atoms with Crippen LogP contribution in [0.2, 0.25) is 0 Å². The van der Waals surface area contributed by atoms with Gasteiger partial charge in [-0.2, -0.15) is 0 Å². The SMILES string of the molecule is OCCN1CC[N+](CCO)(Cc2ccccc2)CC1. The van der Waals surface area contributed by atoms with Crippen LogP contribution in [0.3, 0.4) is 0 Å². The third kappa shape index (κ3) is 4.01. The van der Waals surface area contributed by atoms with Crippen molar-refractivity contribution in [3.63, 3.8) is 0 Å². The van der Waals surface area contributed by atoms with Crippen LogP contribution in [0.5, 0.6) is 0 Å². The van der Waals surface area contributed by atoms with Gasteiger partial charge >= 0.3 is 0 Å². The summed E-state index contributed by atoms with van der Waals surface area (Å²) in [5, 5.41) is 18.4. The molecule has 0 unspecified atom stereocenters. The van der Waals surface area contributed by atoms with Crippen LogP contribution >= 0.6 is 0 Å². The molecule has 1 saturated heterocycles. The Balaban J connectivity index is 1.99. The Bertz CT molecular complexity index is 362. The van der Waals surface area contributed by atoms with E-state index in [0.717, 1.165) is 50.3 Å². The number of hydrogen-bond acceptors (Lipinski definition) is 3. The van der Waals surface area contributed by atoms with Crippen LogP contribution in [0.15, 0.2) is 30.3 Å². The normalized spacial score (nSPS) is 19.5. The summed E-state index contributed by atoms with van der Waals surface area (Å²) in [6.07, 6.45) is 0. The van der Waals surface area contributed by atoms with Crippen molar-refractivity contribution in [3.05, 3.63) is 35.9 Å². The molecule has 0 aliphatic carbocycles. The van der Waals surface area contributed by atoms with E-state index in [4.69, 9.17) is 5.11 Å². The van der Waals surface area contributed by atoms with Gasteiger partial charge in [0.1, 0.15) is 13.1 Å². The summed E-state index contributed by atoms with van der Waals surface area (Å²) in [4.78, 5) is 2.30. The number of aliphatic hydroxyl groups is 2. The summed E-state index contributed by atoms with van der Waals surface area (Å²) in [7, 11) is 0. The summed E-state index contributed by atoms with van der Waals surface area (Å²) in [6, 6.07) is 10.5. The molecule has 19 heavy (non-hydrogen) atoms. The van der Waals surface area contributed by atoms with Crippen molar-refractivity contribution in [2.45, 2.75) is 6.54 Å².